The number of hydrogen-bond acceptors (Lipinski definition) is 3. The molecule has 1 N–H and O–H groups in total. The Morgan fingerprint density at radius 1 is 1.38 bits per heavy atom. The zero-order chi connectivity index (χ0) is 12.1. The average Bonchev–Trinajstić information content (AvgIpc) is 2.25. The van der Waals surface area contributed by atoms with Gasteiger partial charge in [0.2, 0.25) is 11.8 Å². The molecule has 0 aromatic heterocycles. The molecule has 0 saturated carbocycles. The molecule has 2 atom stereocenters. The van der Waals surface area contributed by atoms with E-state index in [-0.39, 0.29) is 23.9 Å². The molecule has 1 fully saturated rings. The number of carbonyl (C=O) groups is 2. The van der Waals surface area contributed by atoms with Crippen LogP contribution in [-0.2, 0) is 9.59 Å². The molecule has 0 bridgehead atoms. The molecular weight excluding hydrogens is 224 g/mol. The summed E-state index contributed by atoms with van der Waals surface area (Å²) in [6, 6.07) is -0.650. The first-order valence-corrected chi connectivity index (χ1v) is 6.95. The molecule has 1 saturated heterocycles. The molecule has 0 aliphatic carbocycles. The lowest BCUT2D eigenvalue weighted by Crippen LogP contribution is -2.62. The lowest BCUT2D eigenvalue weighted by atomic mass is 10.1. The van der Waals surface area contributed by atoms with E-state index in [1.54, 1.807) is 23.6 Å². The van der Waals surface area contributed by atoms with E-state index < -0.39 is 0 Å². The van der Waals surface area contributed by atoms with Crippen LogP contribution < -0.4 is 5.32 Å². The third-order valence-corrected chi connectivity index (χ3v) is 3.64. The van der Waals surface area contributed by atoms with Crippen LogP contribution in [0.4, 0.5) is 0 Å². The molecule has 5 heteroatoms. The molecule has 0 radical (unpaired) electrons. The van der Waals surface area contributed by atoms with E-state index in [4.69, 9.17) is 0 Å². The van der Waals surface area contributed by atoms with E-state index >= 15 is 0 Å². The highest BCUT2D eigenvalue weighted by Crippen LogP contribution is 2.14. The quantitative estimate of drug-likeness (QED) is 0.730. The number of nitrogens with one attached hydrogen (secondary N) is 1. The van der Waals surface area contributed by atoms with Gasteiger partial charge in [0.15, 0.2) is 0 Å². The summed E-state index contributed by atoms with van der Waals surface area (Å²) >= 11 is 1.79. The molecule has 2 amide bonds. The molecule has 1 rings (SSSR count). The van der Waals surface area contributed by atoms with Crippen LogP contribution in [0, 0.1) is 0 Å². The molecule has 0 aromatic rings. The minimum atomic E-state index is -0.373. The summed E-state index contributed by atoms with van der Waals surface area (Å²) < 4.78 is 0. The van der Waals surface area contributed by atoms with Gasteiger partial charge in [-0.15, -0.1) is 0 Å². The van der Waals surface area contributed by atoms with Crippen LogP contribution in [0.2, 0.25) is 0 Å². The van der Waals surface area contributed by atoms with E-state index in [2.05, 4.69) is 12.2 Å². The number of nitrogens with zero attached hydrogens (tertiary/aromatic N) is 1. The number of rotatable bonds is 5. The number of thioether (sulfide) groups is 1. The van der Waals surface area contributed by atoms with Gasteiger partial charge in [0, 0.05) is 12.3 Å². The molecular formula is C11H20N2O2S. The van der Waals surface area contributed by atoms with Gasteiger partial charge >= 0.3 is 0 Å². The summed E-state index contributed by atoms with van der Waals surface area (Å²) in [4.78, 5) is 25.4. The number of hydrogen-bond donors (Lipinski definition) is 1. The van der Waals surface area contributed by atoms with Crippen molar-refractivity contribution >= 4 is 23.6 Å². The van der Waals surface area contributed by atoms with Gasteiger partial charge < -0.3 is 10.2 Å². The van der Waals surface area contributed by atoms with Crippen molar-refractivity contribution in [1.29, 1.82) is 0 Å². The van der Waals surface area contributed by atoms with Gasteiger partial charge in [0.25, 0.3) is 0 Å². The summed E-state index contributed by atoms with van der Waals surface area (Å²) in [6.07, 6.45) is 0.682. The summed E-state index contributed by atoms with van der Waals surface area (Å²) in [6.45, 7) is 6.45. The third-order valence-electron chi connectivity index (χ3n) is 2.76. The van der Waals surface area contributed by atoms with E-state index in [1.165, 1.54) is 0 Å². The normalized spacial score (nSPS) is 25.8. The van der Waals surface area contributed by atoms with Crippen molar-refractivity contribution in [2.24, 2.45) is 0 Å². The maximum Gasteiger partial charge on any atom is 0.245 e. The topological polar surface area (TPSA) is 49.4 Å². The van der Waals surface area contributed by atoms with Crippen LogP contribution in [-0.4, -0.2) is 46.8 Å². The Balaban J connectivity index is 2.65. The Morgan fingerprint density at radius 3 is 2.62 bits per heavy atom. The Bertz CT molecular complexity index is 271. The van der Waals surface area contributed by atoms with Crippen LogP contribution >= 0.6 is 11.8 Å². The molecule has 0 spiro atoms. The highest BCUT2D eigenvalue weighted by atomic mass is 32.2. The monoisotopic (exact) mass is 244 g/mol. The third kappa shape index (κ3) is 2.90. The fourth-order valence-corrected chi connectivity index (χ4v) is 2.51. The average molecular weight is 244 g/mol. The maximum atomic E-state index is 11.9. The van der Waals surface area contributed by atoms with Gasteiger partial charge in [-0.3, -0.25) is 9.59 Å². The van der Waals surface area contributed by atoms with Crippen LogP contribution in [0.5, 0.6) is 0 Å². The number of piperazine rings is 1. The number of carbonyl (C=O) groups excluding carboxylic acids is 2. The first kappa shape index (κ1) is 13.4. The first-order chi connectivity index (χ1) is 7.61. The Morgan fingerprint density at radius 2 is 2.06 bits per heavy atom. The first-order valence-electron chi connectivity index (χ1n) is 5.80. The fraction of sp³-hybridized carbons (Fsp3) is 0.818. The highest BCUT2D eigenvalue weighted by molar-refractivity contribution is 7.99. The van der Waals surface area contributed by atoms with Gasteiger partial charge in [0.1, 0.15) is 12.1 Å². The second kappa shape index (κ2) is 6.13. The molecule has 1 aliphatic heterocycles. The van der Waals surface area contributed by atoms with E-state index in [1.807, 2.05) is 6.92 Å². The summed E-state index contributed by atoms with van der Waals surface area (Å²) in [5.74, 6) is 1.97. The van der Waals surface area contributed by atoms with Gasteiger partial charge in [0.05, 0.1) is 0 Å². The fourth-order valence-electron chi connectivity index (χ4n) is 1.89. The second-order valence-corrected chi connectivity index (χ2v) is 5.28. The van der Waals surface area contributed by atoms with Crippen molar-refractivity contribution in [3.63, 3.8) is 0 Å². The van der Waals surface area contributed by atoms with Gasteiger partial charge in [-0.25, -0.2) is 0 Å². The molecule has 0 aromatic carbocycles. The molecule has 1 heterocycles. The SMILES string of the molecule is CCSCCN1C(=O)C(C)NC(=O)C1CC. The summed E-state index contributed by atoms with van der Waals surface area (Å²) in [5.41, 5.74) is 0. The summed E-state index contributed by atoms with van der Waals surface area (Å²) in [5, 5.41) is 2.71. The van der Waals surface area contributed by atoms with Crippen molar-refractivity contribution in [3.8, 4) is 0 Å². The highest BCUT2D eigenvalue weighted by Gasteiger charge is 2.36. The van der Waals surface area contributed by atoms with Crippen LogP contribution in [0.1, 0.15) is 27.2 Å². The second-order valence-electron chi connectivity index (χ2n) is 3.88. The molecule has 92 valence electrons. The van der Waals surface area contributed by atoms with E-state index in [0.717, 1.165) is 11.5 Å². The molecule has 16 heavy (non-hydrogen) atoms. The van der Waals surface area contributed by atoms with Crippen LogP contribution in [0.15, 0.2) is 0 Å². The number of amides is 2. The van der Waals surface area contributed by atoms with Crippen LogP contribution in [0.3, 0.4) is 0 Å². The lowest BCUT2D eigenvalue weighted by molar-refractivity contribution is -0.148. The Labute approximate surface area is 101 Å². The van der Waals surface area contributed by atoms with Crippen LogP contribution in [0.25, 0.3) is 0 Å². The van der Waals surface area contributed by atoms with Crippen molar-refractivity contribution in [2.75, 3.05) is 18.1 Å². The standard InChI is InChI=1S/C11H20N2O2S/c1-4-9-10(14)12-8(3)11(15)13(9)6-7-16-5-2/h8-9H,4-7H2,1-3H3,(H,12,14). The van der Waals surface area contributed by atoms with Crippen molar-refractivity contribution in [3.05, 3.63) is 0 Å². The predicted octanol–water partition coefficient (Wildman–Crippen LogP) is 0.865. The summed E-state index contributed by atoms with van der Waals surface area (Å²) in [7, 11) is 0. The molecule has 4 nitrogen and oxygen atoms in total. The zero-order valence-corrected chi connectivity index (χ0v) is 11.0. The largest absolute Gasteiger partial charge is 0.343 e. The zero-order valence-electron chi connectivity index (χ0n) is 10.2. The minimum absolute atomic E-state index is 0.0175. The smallest absolute Gasteiger partial charge is 0.245 e. The van der Waals surface area contributed by atoms with Gasteiger partial charge in [-0.1, -0.05) is 13.8 Å². The van der Waals surface area contributed by atoms with Crippen molar-refractivity contribution in [1.82, 2.24) is 10.2 Å². The Kier molecular flexibility index (Phi) is 5.12. The Hall–Kier alpha value is -0.710. The van der Waals surface area contributed by atoms with E-state index in [0.29, 0.717) is 13.0 Å². The van der Waals surface area contributed by atoms with Gasteiger partial charge in [-0.05, 0) is 19.1 Å². The van der Waals surface area contributed by atoms with Gasteiger partial charge in [-0.2, -0.15) is 11.8 Å². The van der Waals surface area contributed by atoms with Crippen molar-refractivity contribution in [2.45, 2.75) is 39.3 Å². The maximum absolute atomic E-state index is 11.9. The predicted molar refractivity (Wildman–Crippen MR) is 66.4 cm³/mol. The molecule has 1 aliphatic rings. The van der Waals surface area contributed by atoms with E-state index in [9.17, 15) is 9.59 Å². The molecule has 2 unspecified atom stereocenters. The van der Waals surface area contributed by atoms with Crippen molar-refractivity contribution < 1.29 is 9.59 Å². The minimum Gasteiger partial charge on any atom is -0.343 e. The lowest BCUT2D eigenvalue weighted by Gasteiger charge is -2.37.